The van der Waals surface area contributed by atoms with Gasteiger partial charge in [-0.3, -0.25) is 0 Å². The highest BCUT2D eigenvalue weighted by Gasteiger charge is 2.15. The summed E-state index contributed by atoms with van der Waals surface area (Å²) in [5.41, 5.74) is 1.05. The summed E-state index contributed by atoms with van der Waals surface area (Å²) in [6, 6.07) is 4.80. The number of halogens is 1. The third kappa shape index (κ3) is 3.13. The van der Waals surface area contributed by atoms with E-state index in [0.29, 0.717) is 5.02 Å². The first-order valence-electron chi connectivity index (χ1n) is 5.93. The number of benzene rings is 1. The number of carbonyl (C=O) groups is 1. The van der Waals surface area contributed by atoms with Crippen molar-refractivity contribution in [1.29, 1.82) is 0 Å². The van der Waals surface area contributed by atoms with Crippen molar-refractivity contribution in [3.63, 3.8) is 0 Å². The topological polar surface area (TPSA) is 49.3 Å². The van der Waals surface area contributed by atoms with E-state index in [2.05, 4.69) is 5.32 Å². The van der Waals surface area contributed by atoms with Crippen molar-refractivity contribution in [1.82, 2.24) is 0 Å². The number of anilines is 1. The molecule has 3 nitrogen and oxygen atoms in total. The maximum Gasteiger partial charge on any atom is 0.335 e. The Bertz CT molecular complexity index is 414. The van der Waals surface area contributed by atoms with E-state index in [4.69, 9.17) is 16.7 Å². The zero-order valence-corrected chi connectivity index (χ0v) is 10.3. The van der Waals surface area contributed by atoms with Gasteiger partial charge in [-0.2, -0.15) is 0 Å². The van der Waals surface area contributed by atoms with Gasteiger partial charge in [0.1, 0.15) is 0 Å². The first kappa shape index (κ1) is 12.2. The number of hydrogen-bond donors (Lipinski definition) is 2. The second-order valence-electron chi connectivity index (χ2n) is 4.53. The van der Waals surface area contributed by atoms with E-state index in [0.717, 1.165) is 18.2 Å². The van der Waals surface area contributed by atoms with Gasteiger partial charge < -0.3 is 10.4 Å². The number of carboxylic acids is 1. The lowest BCUT2D eigenvalue weighted by molar-refractivity contribution is 0.0697. The third-order valence-corrected chi connectivity index (χ3v) is 3.58. The Morgan fingerprint density at radius 1 is 1.41 bits per heavy atom. The van der Waals surface area contributed by atoms with Crippen molar-refractivity contribution < 1.29 is 9.90 Å². The Balaban J connectivity index is 1.98. The molecule has 0 saturated heterocycles. The Morgan fingerprint density at radius 2 is 2.12 bits per heavy atom. The summed E-state index contributed by atoms with van der Waals surface area (Å²) in [7, 11) is 0. The smallest absolute Gasteiger partial charge is 0.335 e. The van der Waals surface area contributed by atoms with Gasteiger partial charge in [-0.25, -0.2) is 4.79 Å². The lowest BCUT2D eigenvalue weighted by atomic mass is 10.1. The molecule has 1 aromatic rings. The molecule has 4 heteroatoms. The molecular formula is C13H16ClNO2. The summed E-state index contributed by atoms with van der Waals surface area (Å²) in [5, 5.41) is 12.6. The number of hydrogen-bond acceptors (Lipinski definition) is 2. The van der Waals surface area contributed by atoms with Crippen LogP contribution in [-0.4, -0.2) is 17.6 Å². The number of aromatic carboxylic acids is 1. The van der Waals surface area contributed by atoms with E-state index < -0.39 is 5.97 Å². The minimum atomic E-state index is -0.950. The van der Waals surface area contributed by atoms with Crippen LogP contribution in [0.2, 0.25) is 5.02 Å². The molecule has 2 rings (SSSR count). The lowest BCUT2D eigenvalue weighted by Crippen LogP contribution is -2.11. The van der Waals surface area contributed by atoms with Gasteiger partial charge in [0.2, 0.25) is 0 Å². The fraction of sp³-hybridized carbons (Fsp3) is 0.462. The maximum atomic E-state index is 10.8. The van der Waals surface area contributed by atoms with Crippen molar-refractivity contribution in [2.45, 2.75) is 25.7 Å². The molecule has 1 fully saturated rings. The van der Waals surface area contributed by atoms with Crippen LogP contribution in [-0.2, 0) is 0 Å². The largest absolute Gasteiger partial charge is 0.478 e. The Morgan fingerprint density at radius 3 is 2.71 bits per heavy atom. The molecule has 0 unspecified atom stereocenters. The molecule has 2 N–H and O–H groups in total. The first-order chi connectivity index (χ1) is 8.16. The van der Waals surface area contributed by atoms with Gasteiger partial charge in [-0.1, -0.05) is 24.4 Å². The summed E-state index contributed by atoms with van der Waals surface area (Å²) in [4.78, 5) is 10.8. The second-order valence-corrected chi connectivity index (χ2v) is 4.94. The van der Waals surface area contributed by atoms with Crippen molar-refractivity contribution in [3.8, 4) is 0 Å². The second kappa shape index (κ2) is 5.41. The van der Waals surface area contributed by atoms with Gasteiger partial charge in [0, 0.05) is 6.54 Å². The number of rotatable bonds is 4. The highest BCUT2D eigenvalue weighted by atomic mass is 35.5. The molecule has 92 valence electrons. The highest BCUT2D eigenvalue weighted by molar-refractivity contribution is 6.33. The lowest BCUT2D eigenvalue weighted by Gasteiger charge is -2.13. The van der Waals surface area contributed by atoms with Crippen molar-refractivity contribution >= 4 is 23.3 Å². The predicted octanol–water partition coefficient (Wildman–Crippen LogP) is 3.64. The van der Waals surface area contributed by atoms with Gasteiger partial charge in [-0.15, -0.1) is 0 Å². The van der Waals surface area contributed by atoms with Crippen LogP contribution in [0.5, 0.6) is 0 Å². The van der Waals surface area contributed by atoms with E-state index in [-0.39, 0.29) is 5.56 Å². The number of carboxylic acid groups (broad SMARTS) is 1. The molecule has 0 aromatic heterocycles. The van der Waals surface area contributed by atoms with Crippen LogP contribution in [0.4, 0.5) is 5.69 Å². The SMILES string of the molecule is O=C(O)c1ccc(NCC2CCCC2)c(Cl)c1. The summed E-state index contributed by atoms with van der Waals surface area (Å²) >= 11 is 6.03. The molecule has 0 amide bonds. The van der Waals surface area contributed by atoms with Crippen LogP contribution >= 0.6 is 11.6 Å². The molecule has 0 radical (unpaired) electrons. The molecule has 17 heavy (non-hydrogen) atoms. The van der Waals surface area contributed by atoms with Gasteiger partial charge >= 0.3 is 5.97 Å². The van der Waals surface area contributed by atoms with Gasteiger partial charge in [0.25, 0.3) is 0 Å². The zero-order chi connectivity index (χ0) is 12.3. The van der Waals surface area contributed by atoms with Crippen LogP contribution < -0.4 is 5.32 Å². The Labute approximate surface area is 106 Å². The standard InChI is InChI=1S/C13H16ClNO2/c14-11-7-10(13(16)17)5-6-12(11)15-8-9-3-1-2-4-9/h5-7,9,15H,1-4,8H2,(H,16,17). The van der Waals surface area contributed by atoms with E-state index in [1.54, 1.807) is 12.1 Å². The van der Waals surface area contributed by atoms with Crippen molar-refractivity contribution in [2.24, 2.45) is 5.92 Å². The average Bonchev–Trinajstić information content (AvgIpc) is 2.80. The van der Waals surface area contributed by atoms with Crippen LogP contribution in [0.15, 0.2) is 18.2 Å². The molecule has 0 heterocycles. The molecule has 0 spiro atoms. The van der Waals surface area contributed by atoms with Gasteiger partial charge in [0.15, 0.2) is 0 Å². The first-order valence-corrected chi connectivity index (χ1v) is 6.31. The zero-order valence-electron chi connectivity index (χ0n) is 9.58. The monoisotopic (exact) mass is 253 g/mol. The maximum absolute atomic E-state index is 10.8. The predicted molar refractivity (Wildman–Crippen MR) is 68.9 cm³/mol. The molecule has 0 bridgehead atoms. The van der Waals surface area contributed by atoms with E-state index >= 15 is 0 Å². The molecule has 0 atom stereocenters. The fourth-order valence-corrected chi connectivity index (χ4v) is 2.51. The van der Waals surface area contributed by atoms with Crippen LogP contribution in [0.1, 0.15) is 36.0 Å². The van der Waals surface area contributed by atoms with E-state index in [1.165, 1.54) is 31.7 Å². The molecule has 0 aliphatic heterocycles. The minimum absolute atomic E-state index is 0.224. The van der Waals surface area contributed by atoms with Crippen LogP contribution in [0.25, 0.3) is 0 Å². The summed E-state index contributed by atoms with van der Waals surface area (Å²) in [6.07, 6.45) is 5.19. The van der Waals surface area contributed by atoms with Crippen LogP contribution in [0.3, 0.4) is 0 Å². The fourth-order valence-electron chi connectivity index (χ4n) is 2.26. The Hall–Kier alpha value is -1.22. The summed E-state index contributed by atoms with van der Waals surface area (Å²) < 4.78 is 0. The summed E-state index contributed by atoms with van der Waals surface area (Å²) in [5.74, 6) is -0.223. The quantitative estimate of drug-likeness (QED) is 0.861. The molecule has 1 saturated carbocycles. The van der Waals surface area contributed by atoms with Gasteiger partial charge in [0.05, 0.1) is 16.3 Å². The van der Waals surface area contributed by atoms with Gasteiger partial charge in [-0.05, 0) is 37.0 Å². The normalized spacial score (nSPS) is 16.1. The van der Waals surface area contributed by atoms with Crippen molar-refractivity contribution in [2.75, 3.05) is 11.9 Å². The highest BCUT2D eigenvalue weighted by Crippen LogP contribution is 2.27. The third-order valence-electron chi connectivity index (χ3n) is 3.27. The Kier molecular flexibility index (Phi) is 3.89. The number of nitrogens with one attached hydrogen (secondary N) is 1. The van der Waals surface area contributed by atoms with E-state index in [1.807, 2.05) is 0 Å². The molecular weight excluding hydrogens is 238 g/mol. The van der Waals surface area contributed by atoms with Crippen LogP contribution in [0, 0.1) is 5.92 Å². The molecule has 1 aliphatic carbocycles. The van der Waals surface area contributed by atoms with E-state index in [9.17, 15) is 4.79 Å². The average molecular weight is 254 g/mol. The summed E-state index contributed by atoms with van der Waals surface area (Å²) in [6.45, 7) is 0.923. The molecule has 1 aromatic carbocycles. The minimum Gasteiger partial charge on any atom is -0.478 e. The molecule has 1 aliphatic rings. The van der Waals surface area contributed by atoms with Crippen molar-refractivity contribution in [3.05, 3.63) is 28.8 Å².